The Morgan fingerprint density at radius 3 is 2.18 bits per heavy atom. The SMILES string of the molecule is CSCCC(NC(=O)CNC(=O)C(N)CC(=O)O)C(=O)NC(Cc1ccc(O)cc1)C(=O)O. The maximum Gasteiger partial charge on any atom is 0.326 e. The van der Waals surface area contributed by atoms with Crippen LogP contribution >= 0.6 is 11.8 Å². The molecule has 0 aliphatic carbocycles. The molecule has 3 unspecified atom stereocenters. The predicted molar refractivity (Wildman–Crippen MR) is 120 cm³/mol. The molecule has 8 N–H and O–H groups in total. The summed E-state index contributed by atoms with van der Waals surface area (Å²) in [5.74, 6) is -4.30. The summed E-state index contributed by atoms with van der Waals surface area (Å²) in [5, 5.41) is 34.5. The van der Waals surface area contributed by atoms with Crippen LogP contribution in [0.4, 0.5) is 0 Å². The first-order valence-corrected chi connectivity index (χ1v) is 11.3. The van der Waals surface area contributed by atoms with Gasteiger partial charge < -0.3 is 37.0 Å². The van der Waals surface area contributed by atoms with Crippen LogP contribution in [0.15, 0.2) is 24.3 Å². The van der Waals surface area contributed by atoms with Gasteiger partial charge in [0, 0.05) is 6.42 Å². The standard InChI is InChI=1S/C20H28N4O8S/c1-33-7-6-14(23-16(26)10-22-18(29)13(21)9-17(27)28)19(30)24-15(20(31)32)8-11-2-4-12(25)5-3-11/h2-5,13-15,25H,6-10,21H2,1H3,(H,22,29)(H,23,26)(H,24,30)(H,27,28)(H,31,32). The molecular formula is C20H28N4O8S. The van der Waals surface area contributed by atoms with Gasteiger partial charge in [0.2, 0.25) is 17.7 Å². The topological polar surface area (TPSA) is 208 Å². The quantitative estimate of drug-likeness (QED) is 0.165. The minimum Gasteiger partial charge on any atom is -0.508 e. The number of carbonyl (C=O) groups excluding carboxylic acids is 3. The highest BCUT2D eigenvalue weighted by Gasteiger charge is 2.27. The second kappa shape index (κ2) is 14.0. The Bertz CT molecular complexity index is 849. The van der Waals surface area contributed by atoms with Crippen molar-refractivity contribution in [2.45, 2.75) is 37.4 Å². The van der Waals surface area contributed by atoms with E-state index >= 15 is 0 Å². The molecule has 0 aromatic heterocycles. The van der Waals surface area contributed by atoms with E-state index in [9.17, 15) is 34.2 Å². The minimum absolute atomic E-state index is 0.0190. The Hall–Kier alpha value is -3.32. The fourth-order valence-corrected chi connectivity index (χ4v) is 3.14. The van der Waals surface area contributed by atoms with Gasteiger partial charge in [-0.3, -0.25) is 19.2 Å². The smallest absolute Gasteiger partial charge is 0.326 e. The highest BCUT2D eigenvalue weighted by molar-refractivity contribution is 7.98. The molecule has 182 valence electrons. The number of phenols is 1. The molecule has 12 nitrogen and oxygen atoms in total. The first kappa shape index (κ1) is 27.7. The first-order valence-electron chi connectivity index (χ1n) is 9.88. The van der Waals surface area contributed by atoms with Crippen molar-refractivity contribution in [1.29, 1.82) is 0 Å². The van der Waals surface area contributed by atoms with E-state index in [1.165, 1.54) is 36.0 Å². The summed E-state index contributed by atoms with van der Waals surface area (Å²) < 4.78 is 0. The summed E-state index contributed by atoms with van der Waals surface area (Å²) in [6.07, 6.45) is 1.36. The van der Waals surface area contributed by atoms with Crippen molar-refractivity contribution >= 4 is 41.4 Å². The molecule has 1 aromatic carbocycles. The summed E-state index contributed by atoms with van der Waals surface area (Å²) >= 11 is 1.42. The van der Waals surface area contributed by atoms with Crippen molar-refractivity contribution in [1.82, 2.24) is 16.0 Å². The van der Waals surface area contributed by atoms with Gasteiger partial charge in [0.1, 0.15) is 17.8 Å². The van der Waals surface area contributed by atoms with Gasteiger partial charge in [-0.1, -0.05) is 12.1 Å². The average molecular weight is 485 g/mol. The molecule has 0 spiro atoms. The molecule has 0 radical (unpaired) electrons. The van der Waals surface area contributed by atoms with E-state index < -0.39 is 60.8 Å². The maximum atomic E-state index is 12.7. The van der Waals surface area contributed by atoms with E-state index in [-0.39, 0.29) is 18.6 Å². The van der Waals surface area contributed by atoms with Crippen LogP contribution in [0.3, 0.4) is 0 Å². The number of aliphatic carboxylic acids is 2. The van der Waals surface area contributed by atoms with Crippen LogP contribution in [-0.4, -0.2) is 81.7 Å². The van der Waals surface area contributed by atoms with Gasteiger partial charge in [-0.2, -0.15) is 11.8 Å². The molecule has 3 atom stereocenters. The Balaban J connectivity index is 2.73. The third-order valence-electron chi connectivity index (χ3n) is 4.41. The number of nitrogens with two attached hydrogens (primary N) is 1. The average Bonchev–Trinajstić information content (AvgIpc) is 2.75. The van der Waals surface area contributed by atoms with Gasteiger partial charge in [0.05, 0.1) is 19.0 Å². The molecule has 3 amide bonds. The highest BCUT2D eigenvalue weighted by atomic mass is 32.2. The van der Waals surface area contributed by atoms with Crippen molar-refractivity contribution in [2.24, 2.45) is 5.73 Å². The van der Waals surface area contributed by atoms with Gasteiger partial charge in [0.15, 0.2) is 0 Å². The second-order valence-corrected chi connectivity index (χ2v) is 8.08. The monoisotopic (exact) mass is 484 g/mol. The number of phenolic OH excluding ortho intramolecular Hbond substituents is 1. The molecule has 0 aliphatic heterocycles. The summed E-state index contributed by atoms with van der Waals surface area (Å²) in [7, 11) is 0. The summed E-state index contributed by atoms with van der Waals surface area (Å²) in [6.45, 7) is -0.537. The van der Waals surface area contributed by atoms with Gasteiger partial charge in [-0.05, 0) is 36.1 Å². The van der Waals surface area contributed by atoms with E-state index in [1.807, 2.05) is 0 Å². The molecule has 0 bridgehead atoms. The maximum absolute atomic E-state index is 12.7. The molecule has 33 heavy (non-hydrogen) atoms. The van der Waals surface area contributed by atoms with E-state index in [1.54, 1.807) is 6.26 Å². The molecular weight excluding hydrogens is 456 g/mol. The largest absolute Gasteiger partial charge is 0.508 e. The Kier molecular flexibility index (Phi) is 11.7. The van der Waals surface area contributed by atoms with Crippen LogP contribution in [0.2, 0.25) is 0 Å². The highest BCUT2D eigenvalue weighted by Crippen LogP contribution is 2.12. The molecule has 13 heteroatoms. The van der Waals surface area contributed by atoms with Crippen LogP contribution in [0, 0.1) is 0 Å². The van der Waals surface area contributed by atoms with Crippen LogP contribution in [-0.2, 0) is 30.4 Å². The minimum atomic E-state index is -1.33. The Labute approximate surface area is 194 Å². The van der Waals surface area contributed by atoms with Crippen LogP contribution < -0.4 is 21.7 Å². The number of carboxylic acid groups (broad SMARTS) is 2. The lowest BCUT2D eigenvalue weighted by molar-refractivity contribution is -0.142. The summed E-state index contributed by atoms with van der Waals surface area (Å²) in [5.41, 5.74) is 5.99. The predicted octanol–water partition coefficient (Wildman–Crippen LogP) is -1.34. The van der Waals surface area contributed by atoms with Crippen molar-refractivity contribution in [3.05, 3.63) is 29.8 Å². The first-order chi connectivity index (χ1) is 15.5. The fourth-order valence-electron chi connectivity index (χ4n) is 2.67. The number of rotatable bonds is 14. The Morgan fingerprint density at radius 1 is 1.00 bits per heavy atom. The zero-order valence-electron chi connectivity index (χ0n) is 17.9. The number of amides is 3. The number of hydrogen-bond acceptors (Lipinski definition) is 8. The van der Waals surface area contributed by atoms with Gasteiger partial charge in [0.25, 0.3) is 0 Å². The van der Waals surface area contributed by atoms with Crippen molar-refractivity contribution < 1.29 is 39.3 Å². The molecule has 1 aromatic rings. The van der Waals surface area contributed by atoms with E-state index in [0.717, 1.165) is 0 Å². The number of nitrogens with one attached hydrogen (secondary N) is 3. The van der Waals surface area contributed by atoms with Gasteiger partial charge in [-0.15, -0.1) is 0 Å². The third-order valence-corrected chi connectivity index (χ3v) is 5.05. The zero-order valence-corrected chi connectivity index (χ0v) is 18.8. The van der Waals surface area contributed by atoms with Crippen molar-refractivity contribution in [2.75, 3.05) is 18.6 Å². The normalized spacial score (nSPS) is 13.3. The molecule has 0 aliphatic rings. The van der Waals surface area contributed by atoms with E-state index in [4.69, 9.17) is 10.8 Å². The lowest BCUT2D eigenvalue weighted by Crippen LogP contribution is -2.54. The Morgan fingerprint density at radius 2 is 1.64 bits per heavy atom. The molecule has 0 heterocycles. The van der Waals surface area contributed by atoms with Crippen molar-refractivity contribution in [3.63, 3.8) is 0 Å². The lowest BCUT2D eigenvalue weighted by atomic mass is 10.0. The number of carboxylic acids is 2. The molecule has 1 rings (SSSR count). The van der Waals surface area contributed by atoms with E-state index in [2.05, 4.69) is 16.0 Å². The summed E-state index contributed by atoms with van der Waals surface area (Å²) in [6, 6.07) is 2.19. The number of thioether (sulfide) groups is 1. The number of aromatic hydroxyl groups is 1. The van der Waals surface area contributed by atoms with Gasteiger partial charge >= 0.3 is 11.9 Å². The second-order valence-electron chi connectivity index (χ2n) is 7.09. The van der Waals surface area contributed by atoms with Crippen molar-refractivity contribution in [3.8, 4) is 5.75 Å². The van der Waals surface area contributed by atoms with E-state index in [0.29, 0.717) is 11.3 Å². The zero-order chi connectivity index (χ0) is 25.0. The molecule has 0 fully saturated rings. The van der Waals surface area contributed by atoms with Crippen LogP contribution in [0.25, 0.3) is 0 Å². The van der Waals surface area contributed by atoms with Gasteiger partial charge in [-0.25, -0.2) is 4.79 Å². The van der Waals surface area contributed by atoms with Crippen LogP contribution in [0.1, 0.15) is 18.4 Å². The summed E-state index contributed by atoms with van der Waals surface area (Å²) in [4.78, 5) is 58.9. The number of carbonyl (C=O) groups is 5. The number of benzene rings is 1. The van der Waals surface area contributed by atoms with Crippen LogP contribution in [0.5, 0.6) is 5.75 Å². The lowest BCUT2D eigenvalue weighted by Gasteiger charge is -2.22. The number of hydrogen-bond donors (Lipinski definition) is 7. The fraction of sp³-hybridized carbons (Fsp3) is 0.450. The molecule has 0 saturated heterocycles. The third kappa shape index (κ3) is 10.7. The molecule has 0 saturated carbocycles.